The molecule has 1 N–H and O–H groups in total. The second-order valence-electron chi connectivity index (χ2n) is 10.2. The van der Waals surface area contributed by atoms with Crippen molar-refractivity contribution >= 4 is 21.7 Å². The van der Waals surface area contributed by atoms with Gasteiger partial charge in [-0.05, 0) is 86.9 Å². The number of hydrogen-bond acceptors (Lipinski definition) is 3. The molecule has 0 saturated heterocycles. The van der Waals surface area contributed by atoms with E-state index in [0.29, 0.717) is 48.8 Å². The van der Waals surface area contributed by atoms with Gasteiger partial charge in [-0.1, -0.05) is 22.9 Å². The van der Waals surface area contributed by atoms with Gasteiger partial charge in [-0.25, -0.2) is 4.39 Å². The Labute approximate surface area is 170 Å². The summed E-state index contributed by atoms with van der Waals surface area (Å²) in [6.45, 7) is 2.62. The molecule has 0 aromatic carbocycles. The number of fused-ring (bicyclic) bond motifs is 5. The Morgan fingerprint density at radius 3 is 2.63 bits per heavy atom. The summed E-state index contributed by atoms with van der Waals surface area (Å²) in [7, 11) is 1.61. The fourth-order valence-corrected chi connectivity index (χ4v) is 8.28. The molecule has 0 aliphatic heterocycles. The van der Waals surface area contributed by atoms with E-state index in [-0.39, 0.29) is 23.2 Å². The Bertz CT molecular complexity index is 600. The van der Waals surface area contributed by atoms with Crippen molar-refractivity contribution in [3.63, 3.8) is 0 Å². The molecule has 27 heavy (non-hydrogen) atoms. The first-order valence-electron chi connectivity index (χ1n) is 10.8. The van der Waals surface area contributed by atoms with E-state index in [1.54, 1.807) is 7.11 Å². The second-order valence-corrected chi connectivity index (χ2v) is 10.8. The van der Waals surface area contributed by atoms with Crippen LogP contribution in [0.25, 0.3) is 0 Å². The second kappa shape index (κ2) is 7.05. The summed E-state index contributed by atoms with van der Waals surface area (Å²) < 4.78 is 21.6. The zero-order valence-electron chi connectivity index (χ0n) is 16.7. The first-order chi connectivity index (χ1) is 12.8. The predicted octanol–water partition coefficient (Wildman–Crippen LogP) is 4.69. The predicted molar refractivity (Wildman–Crippen MR) is 107 cm³/mol. The maximum atomic E-state index is 16.4. The number of Topliss-reactive ketones (excluding diaryl/α,β-unsaturated/α-hetero) is 1. The van der Waals surface area contributed by atoms with Gasteiger partial charge in [-0.2, -0.15) is 0 Å². The molecule has 0 amide bonds. The summed E-state index contributed by atoms with van der Waals surface area (Å²) in [6.07, 6.45) is 7.36. The normalized spacial score (nSPS) is 52.0. The number of carbonyl (C=O) groups is 1. The highest BCUT2D eigenvalue weighted by Crippen LogP contribution is 2.66. The van der Waals surface area contributed by atoms with Gasteiger partial charge in [0, 0.05) is 13.0 Å². The van der Waals surface area contributed by atoms with Crippen LogP contribution in [-0.4, -0.2) is 41.2 Å². The van der Waals surface area contributed by atoms with Crippen LogP contribution in [0.5, 0.6) is 0 Å². The van der Waals surface area contributed by atoms with Crippen LogP contribution in [0.3, 0.4) is 0 Å². The van der Waals surface area contributed by atoms with Crippen LogP contribution in [0.1, 0.15) is 64.7 Å². The smallest absolute Gasteiger partial charge is 0.147 e. The number of hydrogen-bond donors (Lipinski definition) is 1. The molecule has 2 unspecified atom stereocenters. The number of alkyl halides is 2. The molecule has 4 aliphatic carbocycles. The quantitative estimate of drug-likeness (QED) is 0.639. The summed E-state index contributed by atoms with van der Waals surface area (Å²) >= 11 is 3.37. The minimum Gasteiger partial charge on any atom is -0.387 e. The lowest BCUT2D eigenvalue weighted by atomic mass is 9.47. The van der Waals surface area contributed by atoms with Crippen molar-refractivity contribution in [2.75, 3.05) is 19.0 Å². The highest BCUT2D eigenvalue weighted by molar-refractivity contribution is 9.09. The largest absolute Gasteiger partial charge is 0.387 e. The summed E-state index contributed by atoms with van der Waals surface area (Å²) in [4.78, 5) is 12.5. The van der Waals surface area contributed by atoms with Gasteiger partial charge >= 0.3 is 0 Å². The Balaban J connectivity index is 1.55. The minimum atomic E-state index is -1.14. The lowest BCUT2D eigenvalue weighted by Crippen LogP contribution is -2.59. The topological polar surface area (TPSA) is 46.5 Å². The van der Waals surface area contributed by atoms with E-state index < -0.39 is 11.3 Å². The molecule has 0 heterocycles. The molecule has 4 rings (SSSR count). The van der Waals surface area contributed by atoms with Crippen LogP contribution >= 0.6 is 15.9 Å². The third-order valence-electron chi connectivity index (χ3n) is 9.11. The van der Waals surface area contributed by atoms with Gasteiger partial charge in [0.25, 0.3) is 0 Å². The van der Waals surface area contributed by atoms with Gasteiger partial charge in [0.05, 0.1) is 17.5 Å². The zero-order valence-corrected chi connectivity index (χ0v) is 18.3. The van der Waals surface area contributed by atoms with Crippen LogP contribution in [-0.2, 0) is 9.53 Å². The van der Waals surface area contributed by atoms with Crippen molar-refractivity contribution in [3.8, 4) is 0 Å². The zero-order chi connectivity index (χ0) is 19.4. The number of ether oxygens (including phenoxy) is 1. The minimum absolute atomic E-state index is 0.0432. The third kappa shape index (κ3) is 3.06. The van der Waals surface area contributed by atoms with Gasteiger partial charge < -0.3 is 9.84 Å². The molecule has 4 aliphatic rings. The molecule has 0 aromatic heterocycles. The highest BCUT2D eigenvalue weighted by atomic mass is 79.9. The maximum absolute atomic E-state index is 16.4. The van der Waals surface area contributed by atoms with Gasteiger partial charge in [0.2, 0.25) is 0 Å². The molecule has 3 nitrogen and oxygen atoms in total. The van der Waals surface area contributed by atoms with E-state index in [2.05, 4.69) is 22.9 Å². The number of ketones is 1. The monoisotopic (exact) mass is 444 g/mol. The summed E-state index contributed by atoms with van der Waals surface area (Å²) in [5, 5.41) is 11.2. The number of halogens is 2. The average Bonchev–Trinajstić information content (AvgIpc) is 2.99. The Morgan fingerprint density at radius 2 is 1.93 bits per heavy atom. The van der Waals surface area contributed by atoms with Gasteiger partial charge in [-0.15, -0.1) is 0 Å². The molecule has 5 heteroatoms. The Morgan fingerprint density at radius 1 is 1.15 bits per heavy atom. The molecule has 0 bridgehead atoms. The van der Waals surface area contributed by atoms with E-state index in [4.69, 9.17) is 4.74 Å². The fraction of sp³-hybridized carbons (Fsp3) is 0.955. The van der Waals surface area contributed by atoms with E-state index >= 15 is 4.39 Å². The average molecular weight is 445 g/mol. The molecular weight excluding hydrogens is 411 g/mol. The molecule has 4 fully saturated rings. The first-order valence-corrected chi connectivity index (χ1v) is 11.9. The number of rotatable bonds is 4. The standard InChI is InChI=1S/C22H34BrFO3/c1-20-8-7-17-15(16(20)5-6-18(20)19(25)12-23)4-3-14-11-21(26,13-27-2)9-10-22(14,17)24/h14-18,26H,3-13H2,1-2H3/t14-,15+,16?,17?,18-,20+,21-,22-/m1/s1. The Kier molecular flexibility index (Phi) is 5.30. The third-order valence-corrected chi connectivity index (χ3v) is 9.67. The van der Waals surface area contributed by atoms with Crippen molar-refractivity contribution in [2.24, 2.45) is 35.0 Å². The molecule has 0 spiro atoms. The molecule has 0 radical (unpaired) electrons. The molecular formula is C22H34BrFO3. The van der Waals surface area contributed by atoms with E-state index in [9.17, 15) is 9.90 Å². The van der Waals surface area contributed by atoms with Gasteiger partial charge in [-0.3, -0.25) is 4.79 Å². The molecule has 154 valence electrons. The van der Waals surface area contributed by atoms with Crippen LogP contribution in [0, 0.1) is 35.0 Å². The van der Waals surface area contributed by atoms with Crippen molar-refractivity contribution in [3.05, 3.63) is 0 Å². The number of carbonyl (C=O) groups excluding carboxylic acids is 1. The SMILES string of the molecule is COC[C@@]1(O)CC[C@]2(F)C3CC[C@@]4(C)C(CC[C@@H]4C(=O)CBr)[C@@H]3CC[C@@H]2C1. The number of aliphatic hydroxyl groups is 1. The highest BCUT2D eigenvalue weighted by Gasteiger charge is 2.64. The van der Waals surface area contributed by atoms with Crippen molar-refractivity contribution < 1.29 is 19.0 Å². The molecule has 0 aromatic rings. The fourth-order valence-electron chi connectivity index (χ4n) is 7.89. The van der Waals surface area contributed by atoms with Crippen molar-refractivity contribution in [1.29, 1.82) is 0 Å². The van der Waals surface area contributed by atoms with E-state index in [0.717, 1.165) is 38.5 Å². The van der Waals surface area contributed by atoms with E-state index in [1.807, 2.05) is 0 Å². The maximum Gasteiger partial charge on any atom is 0.147 e. The van der Waals surface area contributed by atoms with Gasteiger partial charge in [0.1, 0.15) is 11.5 Å². The van der Waals surface area contributed by atoms with Crippen molar-refractivity contribution in [1.82, 2.24) is 0 Å². The van der Waals surface area contributed by atoms with Crippen LogP contribution in [0.4, 0.5) is 4.39 Å². The lowest BCUT2D eigenvalue weighted by molar-refractivity contribution is -0.177. The lowest BCUT2D eigenvalue weighted by Gasteiger charge is -2.59. The Hall–Kier alpha value is -0.0000000000000000555. The van der Waals surface area contributed by atoms with E-state index in [1.165, 1.54) is 0 Å². The van der Waals surface area contributed by atoms with Crippen LogP contribution in [0.15, 0.2) is 0 Å². The van der Waals surface area contributed by atoms with Crippen LogP contribution < -0.4 is 0 Å². The van der Waals surface area contributed by atoms with Crippen LogP contribution in [0.2, 0.25) is 0 Å². The van der Waals surface area contributed by atoms with Gasteiger partial charge in [0.15, 0.2) is 0 Å². The number of methoxy groups -OCH3 is 1. The summed E-state index contributed by atoms with van der Waals surface area (Å²) in [5.41, 5.74) is -1.94. The molecule has 8 atom stereocenters. The first kappa shape index (κ1) is 20.3. The van der Waals surface area contributed by atoms with Crippen molar-refractivity contribution in [2.45, 2.75) is 76.0 Å². The summed E-state index contributed by atoms with van der Waals surface area (Å²) in [5.74, 6) is 1.45. The summed E-state index contributed by atoms with van der Waals surface area (Å²) in [6, 6.07) is 0. The molecule has 4 saturated carbocycles.